The maximum absolute atomic E-state index is 13.0. The molecule has 0 spiro atoms. The van der Waals surface area contributed by atoms with Crippen molar-refractivity contribution in [3.8, 4) is 0 Å². The summed E-state index contributed by atoms with van der Waals surface area (Å²) in [5.41, 5.74) is 0.421. The fourth-order valence-electron chi connectivity index (χ4n) is 3.42. The molecule has 2 aromatic carbocycles. The molecule has 9 heteroatoms. The molecule has 3 aromatic rings. The van der Waals surface area contributed by atoms with E-state index in [1.165, 1.54) is 47.5 Å². The first-order valence-corrected chi connectivity index (χ1v) is 9.48. The van der Waals surface area contributed by atoms with Crippen LogP contribution >= 0.6 is 11.6 Å². The number of nitrogens with zero attached hydrogens (tertiary/aromatic N) is 3. The zero-order chi connectivity index (χ0) is 22.1. The van der Waals surface area contributed by atoms with E-state index in [2.05, 4.69) is 4.98 Å². The zero-order valence-corrected chi connectivity index (χ0v) is 16.6. The van der Waals surface area contributed by atoms with Crippen LogP contribution in [0.2, 0.25) is 5.02 Å². The van der Waals surface area contributed by atoms with E-state index >= 15 is 0 Å². The molecule has 0 radical (unpaired) electrons. The highest BCUT2D eigenvalue weighted by molar-refractivity contribution is 6.51. The van der Waals surface area contributed by atoms with Gasteiger partial charge in [-0.05, 0) is 54.1 Å². The Kier molecular flexibility index (Phi) is 5.22. The fourth-order valence-corrected chi connectivity index (χ4v) is 3.55. The minimum absolute atomic E-state index is 0.142. The number of hydrogen-bond acceptors (Lipinski definition) is 6. The van der Waals surface area contributed by atoms with Crippen molar-refractivity contribution < 1.29 is 19.6 Å². The smallest absolute Gasteiger partial charge is 0.301 e. The van der Waals surface area contributed by atoms with Crippen LogP contribution in [-0.4, -0.2) is 26.7 Å². The summed E-state index contributed by atoms with van der Waals surface area (Å²) < 4.78 is 0. The van der Waals surface area contributed by atoms with Gasteiger partial charge in [0.25, 0.3) is 11.5 Å². The quantitative estimate of drug-likeness (QED) is 0.215. The summed E-state index contributed by atoms with van der Waals surface area (Å²) in [6.45, 7) is 0. The molecule has 1 saturated heterocycles. The van der Waals surface area contributed by atoms with Crippen LogP contribution in [0.3, 0.4) is 0 Å². The molecule has 1 aromatic heterocycles. The maximum Gasteiger partial charge on any atom is 0.301 e. The van der Waals surface area contributed by atoms with Crippen LogP contribution in [0.1, 0.15) is 17.2 Å². The average molecular weight is 436 g/mol. The van der Waals surface area contributed by atoms with Gasteiger partial charge in [0.15, 0.2) is 0 Å². The molecule has 1 fully saturated rings. The number of aromatic nitrogens is 1. The van der Waals surface area contributed by atoms with E-state index in [-0.39, 0.29) is 22.8 Å². The van der Waals surface area contributed by atoms with Gasteiger partial charge in [0.1, 0.15) is 11.6 Å². The Bertz CT molecular complexity index is 1210. The molecule has 1 unspecified atom stereocenters. The molecule has 2 heterocycles. The van der Waals surface area contributed by atoms with Crippen molar-refractivity contribution in [2.45, 2.75) is 6.04 Å². The Hall–Kier alpha value is -4.04. The number of carbonyl (C=O) groups is 2. The van der Waals surface area contributed by atoms with Gasteiger partial charge < -0.3 is 5.11 Å². The molecule has 8 nitrogen and oxygen atoms in total. The van der Waals surface area contributed by atoms with Gasteiger partial charge in [0.2, 0.25) is 0 Å². The Morgan fingerprint density at radius 3 is 2.29 bits per heavy atom. The first-order chi connectivity index (χ1) is 14.9. The number of halogens is 1. The third-order valence-electron chi connectivity index (χ3n) is 4.88. The lowest BCUT2D eigenvalue weighted by atomic mass is 9.95. The van der Waals surface area contributed by atoms with Crippen molar-refractivity contribution in [2.24, 2.45) is 0 Å². The SMILES string of the molecule is O=C1C(=O)N(c2ccccn2)C(c2ccc([N+](=O)[O-])cc2)/C1=C(\O)c1ccc(Cl)cc1. The molecule has 154 valence electrons. The van der Waals surface area contributed by atoms with Gasteiger partial charge >= 0.3 is 5.91 Å². The van der Waals surface area contributed by atoms with Gasteiger partial charge in [-0.2, -0.15) is 0 Å². The lowest BCUT2D eigenvalue weighted by Gasteiger charge is -2.24. The van der Waals surface area contributed by atoms with E-state index in [1.807, 2.05) is 0 Å². The summed E-state index contributed by atoms with van der Waals surface area (Å²) in [5.74, 6) is -1.92. The average Bonchev–Trinajstić information content (AvgIpc) is 3.05. The van der Waals surface area contributed by atoms with Crippen LogP contribution in [0.4, 0.5) is 11.5 Å². The number of pyridine rings is 1. The first-order valence-electron chi connectivity index (χ1n) is 9.11. The number of nitro benzene ring substituents is 1. The predicted molar refractivity (Wildman–Crippen MR) is 114 cm³/mol. The van der Waals surface area contributed by atoms with Crippen LogP contribution in [0.5, 0.6) is 0 Å². The number of ketones is 1. The largest absolute Gasteiger partial charge is 0.507 e. The molecule has 1 aliphatic rings. The normalized spacial score (nSPS) is 17.7. The molecule has 1 amide bonds. The van der Waals surface area contributed by atoms with Crippen LogP contribution < -0.4 is 4.90 Å². The summed E-state index contributed by atoms with van der Waals surface area (Å²) in [7, 11) is 0. The number of benzene rings is 2. The second-order valence-corrected chi connectivity index (χ2v) is 7.15. The van der Waals surface area contributed by atoms with Crippen LogP contribution in [0.25, 0.3) is 5.76 Å². The van der Waals surface area contributed by atoms with E-state index in [1.54, 1.807) is 30.3 Å². The Balaban J connectivity index is 1.92. The second kappa shape index (κ2) is 8.00. The number of anilines is 1. The number of nitro groups is 1. The fraction of sp³-hybridized carbons (Fsp3) is 0.0455. The number of hydrogen-bond donors (Lipinski definition) is 1. The maximum atomic E-state index is 13.0. The lowest BCUT2D eigenvalue weighted by molar-refractivity contribution is -0.384. The number of Topliss-reactive ketones (excluding diaryl/α,β-unsaturated/α-hetero) is 1. The van der Waals surface area contributed by atoms with Crippen molar-refractivity contribution in [2.75, 3.05) is 4.90 Å². The van der Waals surface area contributed by atoms with E-state index in [0.717, 1.165) is 0 Å². The molecule has 4 rings (SSSR count). The second-order valence-electron chi connectivity index (χ2n) is 6.71. The van der Waals surface area contributed by atoms with Gasteiger partial charge in [0.05, 0.1) is 16.5 Å². The molecule has 31 heavy (non-hydrogen) atoms. The minimum Gasteiger partial charge on any atom is -0.507 e. The number of rotatable bonds is 4. The van der Waals surface area contributed by atoms with Crippen molar-refractivity contribution in [3.63, 3.8) is 0 Å². The van der Waals surface area contributed by atoms with E-state index < -0.39 is 22.7 Å². The lowest BCUT2D eigenvalue weighted by Crippen LogP contribution is -2.30. The van der Waals surface area contributed by atoms with E-state index in [9.17, 15) is 24.8 Å². The first kappa shape index (κ1) is 20.2. The summed E-state index contributed by atoms with van der Waals surface area (Å²) in [6, 6.07) is 15.4. The highest BCUT2D eigenvalue weighted by Gasteiger charge is 2.47. The van der Waals surface area contributed by atoms with Gasteiger partial charge in [-0.1, -0.05) is 17.7 Å². The van der Waals surface area contributed by atoms with Crippen LogP contribution in [0, 0.1) is 10.1 Å². The van der Waals surface area contributed by atoms with Gasteiger partial charge in [0, 0.05) is 28.9 Å². The summed E-state index contributed by atoms with van der Waals surface area (Å²) in [4.78, 5) is 41.7. The highest BCUT2D eigenvalue weighted by atomic mass is 35.5. The van der Waals surface area contributed by atoms with Crippen molar-refractivity contribution >= 4 is 40.6 Å². The standard InChI is InChI=1S/C22H14ClN3O5/c23-15-8-4-14(5-9-15)20(27)18-19(13-6-10-16(11-7-13)26(30)31)25(22(29)21(18)28)17-3-1-2-12-24-17/h1-12,19,27H/b20-18+. The molecule has 0 aliphatic carbocycles. The molecule has 0 bridgehead atoms. The Morgan fingerprint density at radius 1 is 1.03 bits per heavy atom. The summed E-state index contributed by atoms with van der Waals surface area (Å²) in [6.07, 6.45) is 1.47. The number of amides is 1. The number of carbonyl (C=O) groups excluding carboxylic acids is 2. The van der Waals surface area contributed by atoms with Gasteiger partial charge in [-0.25, -0.2) is 4.98 Å². The summed E-state index contributed by atoms with van der Waals surface area (Å²) >= 11 is 5.91. The van der Waals surface area contributed by atoms with Crippen LogP contribution in [-0.2, 0) is 9.59 Å². The van der Waals surface area contributed by atoms with Gasteiger partial charge in [-0.15, -0.1) is 0 Å². The Morgan fingerprint density at radius 2 is 1.71 bits per heavy atom. The molecule has 1 aliphatic heterocycles. The number of aliphatic hydroxyl groups is 1. The molecular weight excluding hydrogens is 422 g/mol. The zero-order valence-electron chi connectivity index (χ0n) is 15.8. The monoisotopic (exact) mass is 435 g/mol. The topological polar surface area (TPSA) is 114 Å². The minimum atomic E-state index is -1.02. The predicted octanol–water partition coefficient (Wildman–Crippen LogP) is 4.27. The highest BCUT2D eigenvalue weighted by Crippen LogP contribution is 2.41. The van der Waals surface area contributed by atoms with Gasteiger partial charge in [-0.3, -0.25) is 24.6 Å². The third kappa shape index (κ3) is 3.64. The Labute approximate surface area is 181 Å². The van der Waals surface area contributed by atoms with Crippen molar-refractivity contribution in [1.29, 1.82) is 0 Å². The van der Waals surface area contributed by atoms with E-state index in [0.29, 0.717) is 16.1 Å². The molecule has 0 saturated carbocycles. The number of aliphatic hydroxyl groups excluding tert-OH is 1. The van der Waals surface area contributed by atoms with Crippen molar-refractivity contribution in [3.05, 3.63) is 105 Å². The van der Waals surface area contributed by atoms with Crippen molar-refractivity contribution in [1.82, 2.24) is 4.98 Å². The molecule has 1 atom stereocenters. The van der Waals surface area contributed by atoms with E-state index in [4.69, 9.17) is 11.6 Å². The van der Waals surface area contributed by atoms with Crippen LogP contribution in [0.15, 0.2) is 78.5 Å². The summed E-state index contributed by atoms with van der Waals surface area (Å²) in [5, 5.41) is 22.4. The molecule has 1 N–H and O–H groups in total. The number of non-ortho nitro benzene ring substituents is 1. The molecular formula is C22H14ClN3O5. The third-order valence-corrected chi connectivity index (χ3v) is 5.13.